The molecule has 0 saturated carbocycles. The van der Waals surface area contributed by atoms with Crippen LogP contribution in [0.1, 0.15) is 26.4 Å². The smallest absolute Gasteiger partial charge is 0.265 e. The SMILES string of the molecule is Cc1csc(C(=O)Nc2ccc(C)c(-c3nc4ncc(C)cc4[nH]3)c2)c1. The summed E-state index contributed by atoms with van der Waals surface area (Å²) in [6.45, 7) is 6.00. The van der Waals surface area contributed by atoms with Gasteiger partial charge in [-0.25, -0.2) is 9.97 Å². The molecular weight excluding hydrogens is 344 g/mol. The molecule has 3 aromatic heterocycles. The summed E-state index contributed by atoms with van der Waals surface area (Å²) in [5.74, 6) is 0.651. The fourth-order valence-electron chi connectivity index (χ4n) is 2.83. The molecule has 0 unspecified atom stereocenters. The van der Waals surface area contributed by atoms with E-state index in [4.69, 9.17) is 0 Å². The topological polar surface area (TPSA) is 70.7 Å². The van der Waals surface area contributed by atoms with Crippen molar-refractivity contribution in [1.82, 2.24) is 15.0 Å². The molecular formula is C20H18N4OS. The van der Waals surface area contributed by atoms with Crippen LogP contribution in [-0.4, -0.2) is 20.9 Å². The summed E-state index contributed by atoms with van der Waals surface area (Å²) in [7, 11) is 0. The number of amides is 1. The number of imidazole rings is 1. The van der Waals surface area contributed by atoms with Crippen molar-refractivity contribution in [3.63, 3.8) is 0 Å². The molecule has 5 nitrogen and oxygen atoms in total. The molecule has 0 radical (unpaired) electrons. The Kier molecular flexibility index (Phi) is 4.05. The van der Waals surface area contributed by atoms with E-state index in [1.54, 1.807) is 6.20 Å². The number of fused-ring (bicyclic) bond motifs is 1. The molecule has 3 heterocycles. The van der Waals surface area contributed by atoms with Gasteiger partial charge in [-0.15, -0.1) is 11.3 Å². The lowest BCUT2D eigenvalue weighted by Crippen LogP contribution is -2.10. The first-order valence-electron chi connectivity index (χ1n) is 8.29. The van der Waals surface area contributed by atoms with Crippen molar-refractivity contribution in [2.24, 2.45) is 0 Å². The Balaban J connectivity index is 1.68. The number of aromatic amines is 1. The van der Waals surface area contributed by atoms with Crippen LogP contribution in [0.25, 0.3) is 22.6 Å². The monoisotopic (exact) mass is 362 g/mol. The molecule has 1 aromatic carbocycles. The molecule has 0 aliphatic heterocycles. The van der Waals surface area contributed by atoms with Crippen LogP contribution in [0.3, 0.4) is 0 Å². The third kappa shape index (κ3) is 3.11. The number of rotatable bonds is 3. The standard InChI is InChI=1S/C20H18N4OS/c1-11-6-16-19(21-9-11)24-18(23-16)15-8-14(5-4-13(15)3)22-20(25)17-7-12(2)10-26-17/h4-10H,1-3H3,(H,22,25)(H,21,23,24). The molecule has 0 aliphatic rings. The molecule has 0 aliphatic carbocycles. The Bertz CT molecular complexity index is 1130. The van der Waals surface area contributed by atoms with Crippen molar-refractivity contribution in [1.29, 1.82) is 0 Å². The molecule has 26 heavy (non-hydrogen) atoms. The van der Waals surface area contributed by atoms with Gasteiger partial charge in [0.1, 0.15) is 5.82 Å². The minimum absolute atomic E-state index is 0.0974. The number of carbonyl (C=O) groups excluding carboxylic acids is 1. The second kappa shape index (κ2) is 6.38. The van der Waals surface area contributed by atoms with E-state index in [9.17, 15) is 4.79 Å². The number of hydrogen-bond acceptors (Lipinski definition) is 4. The highest BCUT2D eigenvalue weighted by molar-refractivity contribution is 7.12. The number of carbonyl (C=O) groups is 1. The van der Waals surface area contributed by atoms with Gasteiger partial charge in [0.05, 0.1) is 10.4 Å². The van der Waals surface area contributed by atoms with Gasteiger partial charge in [0, 0.05) is 17.4 Å². The number of nitrogens with one attached hydrogen (secondary N) is 2. The molecule has 0 fully saturated rings. The van der Waals surface area contributed by atoms with E-state index < -0.39 is 0 Å². The largest absolute Gasteiger partial charge is 0.337 e. The van der Waals surface area contributed by atoms with Crippen molar-refractivity contribution >= 4 is 34.1 Å². The van der Waals surface area contributed by atoms with Crippen molar-refractivity contribution in [3.05, 3.63) is 63.5 Å². The highest BCUT2D eigenvalue weighted by Gasteiger charge is 2.12. The van der Waals surface area contributed by atoms with Crippen LogP contribution < -0.4 is 5.32 Å². The van der Waals surface area contributed by atoms with Gasteiger partial charge in [-0.2, -0.15) is 0 Å². The van der Waals surface area contributed by atoms with Crippen molar-refractivity contribution in [2.45, 2.75) is 20.8 Å². The molecule has 0 bridgehead atoms. The number of nitrogens with zero attached hydrogens (tertiary/aromatic N) is 2. The lowest BCUT2D eigenvalue weighted by Gasteiger charge is -2.08. The van der Waals surface area contributed by atoms with E-state index in [-0.39, 0.29) is 5.91 Å². The number of anilines is 1. The van der Waals surface area contributed by atoms with Crippen LogP contribution in [0.5, 0.6) is 0 Å². The number of pyridine rings is 1. The van der Waals surface area contributed by atoms with Gasteiger partial charge in [0.2, 0.25) is 0 Å². The third-order valence-corrected chi connectivity index (χ3v) is 5.23. The predicted molar refractivity (Wildman–Crippen MR) is 106 cm³/mol. The Hall–Kier alpha value is -2.99. The number of benzene rings is 1. The first-order valence-corrected chi connectivity index (χ1v) is 9.17. The maximum absolute atomic E-state index is 12.4. The molecule has 4 rings (SSSR count). The second-order valence-electron chi connectivity index (χ2n) is 6.44. The number of H-pyrrole nitrogens is 1. The quantitative estimate of drug-likeness (QED) is 0.546. The summed E-state index contributed by atoms with van der Waals surface area (Å²) in [4.78, 5) is 25.4. The number of aryl methyl sites for hydroxylation is 3. The second-order valence-corrected chi connectivity index (χ2v) is 7.35. The maximum atomic E-state index is 12.4. The van der Waals surface area contributed by atoms with Crippen LogP contribution in [0.15, 0.2) is 41.9 Å². The molecule has 0 saturated heterocycles. The number of aromatic nitrogens is 3. The minimum atomic E-state index is -0.0974. The molecule has 130 valence electrons. The van der Waals surface area contributed by atoms with Crippen LogP contribution in [0, 0.1) is 20.8 Å². The van der Waals surface area contributed by atoms with E-state index in [2.05, 4.69) is 20.3 Å². The molecule has 0 atom stereocenters. The van der Waals surface area contributed by atoms with Crippen molar-refractivity contribution in [3.8, 4) is 11.4 Å². The summed E-state index contributed by atoms with van der Waals surface area (Å²) >= 11 is 1.45. The fraction of sp³-hybridized carbons (Fsp3) is 0.150. The van der Waals surface area contributed by atoms with Crippen LogP contribution in [-0.2, 0) is 0 Å². The van der Waals surface area contributed by atoms with E-state index in [0.717, 1.165) is 39.3 Å². The zero-order valence-electron chi connectivity index (χ0n) is 14.8. The lowest BCUT2D eigenvalue weighted by molar-refractivity contribution is 0.103. The van der Waals surface area contributed by atoms with Crippen LogP contribution >= 0.6 is 11.3 Å². The first-order chi connectivity index (χ1) is 12.5. The molecule has 2 N–H and O–H groups in total. The predicted octanol–water partition coefficient (Wildman–Crippen LogP) is 4.86. The van der Waals surface area contributed by atoms with Gasteiger partial charge in [-0.1, -0.05) is 6.07 Å². The molecule has 6 heteroatoms. The average Bonchev–Trinajstić information content (AvgIpc) is 3.22. The highest BCUT2D eigenvalue weighted by atomic mass is 32.1. The summed E-state index contributed by atoms with van der Waals surface area (Å²) in [6.07, 6.45) is 1.81. The number of thiophene rings is 1. The van der Waals surface area contributed by atoms with Gasteiger partial charge in [-0.05, 0) is 67.1 Å². The zero-order valence-corrected chi connectivity index (χ0v) is 15.6. The average molecular weight is 362 g/mol. The van der Waals surface area contributed by atoms with Crippen LogP contribution in [0.4, 0.5) is 5.69 Å². The highest BCUT2D eigenvalue weighted by Crippen LogP contribution is 2.27. The fourth-order valence-corrected chi connectivity index (χ4v) is 3.62. The van der Waals surface area contributed by atoms with Crippen LogP contribution in [0.2, 0.25) is 0 Å². The van der Waals surface area contributed by atoms with Crippen molar-refractivity contribution < 1.29 is 4.79 Å². The maximum Gasteiger partial charge on any atom is 0.265 e. The van der Waals surface area contributed by atoms with Gasteiger partial charge in [0.15, 0.2) is 5.65 Å². The normalized spacial score (nSPS) is 11.0. The minimum Gasteiger partial charge on any atom is -0.337 e. The Morgan fingerprint density at radius 2 is 1.96 bits per heavy atom. The van der Waals surface area contributed by atoms with Crippen molar-refractivity contribution in [2.75, 3.05) is 5.32 Å². The van der Waals surface area contributed by atoms with Gasteiger partial charge < -0.3 is 10.3 Å². The summed E-state index contributed by atoms with van der Waals surface area (Å²) in [5, 5.41) is 4.94. The molecule has 1 amide bonds. The van der Waals surface area contributed by atoms with E-state index in [0.29, 0.717) is 10.5 Å². The summed E-state index contributed by atoms with van der Waals surface area (Å²) in [6, 6.07) is 9.75. The van der Waals surface area contributed by atoms with Gasteiger partial charge in [0.25, 0.3) is 5.91 Å². The Morgan fingerprint density at radius 1 is 1.12 bits per heavy atom. The third-order valence-electron chi connectivity index (χ3n) is 4.18. The Morgan fingerprint density at radius 3 is 2.73 bits per heavy atom. The molecule has 0 spiro atoms. The number of hydrogen-bond donors (Lipinski definition) is 2. The first kappa shape index (κ1) is 16.5. The lowest BCUT2D eigenvalue weighted by atomic mass is 10.1. The van der Waals surface area contributed by atoms with E-state index in [1.165, 1.54) is 11.3 Å². The van der Waals surface area contributed by atoms with E-state index in [1.807, 2.05) is 56.5 Å². The molecule has 4 aromatic rings. The van der Waals surface area contributed by atoms with E-state index >= 15 is 0 Å². The zero-order chi connectivity index (χ0) is 18.3. The summed E-state index contributed by atoms with van der Waals surface area (Å²) < 4.78 is 0. The summed E-state index contributed by atoms with van der Waals surface area (Å²) in [5.41, 5.74) is 6.53. The van der Waals surface area contributed by atoms with Gasteiger partial charge >= 0.3 is 0 Å². The van der Waals surface area contributed by atoms with Gasteiger partial charge in [-0.3, -0.25) is 4.79 Å². The Labute approximate surface area is 155 Å².